The molecule has 2 atom stereocenters. The maximum Gasteiger partial charge on any atom is 0.410 e. The average molecular weight is 424 g/mol. The first kappa shape index (κ1) is 21.7. The summed E-state index contributed by atoms with van der Waals surface area (Å²) in [5.74, 6) is 0.819. The number of rotatable bonds is 8. The lowest BCUT2D eigenvalue weighted by molar-refractivity contribution is -0.0683. The summed E-state index contributed by atoms with van der Waals surface area (Å²) in [5.41, 5.74) is 1.94. The maximum atomic E-state index is 12.7. The van der Waals surface area contributed by atoms with Crippen LogP contribution < -0.4 is 4.74 Å². The normalized spacial score (nSPS) is 25.6. The van der Waals surface area contributed by atoms with Crippen LogP contribution in [0.15, 0.2) is 54.6 Å². The Morgan fingerprint density at radius 1 is 1.03 bits per heavy atom. The van der Waals surface area contributed by atoms with Crippen molar-refractivity contribution in [2.45, 2.75) is 57.8 Å². The molecule has 31 heavy (non-hydrogen) atoms. The maximum absolute atomic E-state index is 12.7. The summed E-state index contributed by atoms with van der Waals surface area (Å²) in [6.07, 6.45) is 4.81. The van der Waals surface area contributed by atoms with E-state index in [0.717, 1.165) is 43.4 Å². The number of carbonyl (C=O) groups is 1. The Labute approximate surface area is 185 Å². The summed E-state index contributed by atoms with van der Waals surface area (Å²) in [7, 11) is 1.66. The SMILES string of the molecule is CCC1(COCc2ccccc2)CCCC2(CN(Cc3ccc(OC)cc3)C(=O)O2)C1. The van der Waals surface area contributed by atoms with Crippen LogP contribution in [0.2, 0.25) is 0 Å². The fourth-order valence-corrected chi connectivity index (χ4v) is 5.12. The average Bonchev–Trinajstić information content (AvgIpc) is 3.08. The van der Waals surface area contributed by atoms with Gasteiger partial charge in [-0.15, -0.1) is 0 Å². The lowest BCUT2D eigenvalue weighted by atomic mass is 9.66. The van der Waals surface area contributed by atoms with Gasteiger partial charge in [0.2, 0.25) is 0 Å². The van der Waals surface area contributed by atoms with Crippen molar-refractivity contribution < 1.29 is 19.0 Å². The molecule has 1 saturated heterocycles. The van der Waals surface area contributed by atoms with Crippen LogP contribution in [0.3, 0.4) is 0 Å². The smallest absolute Gasteiger partial charge is 0.410 e. The zero-order chi connectivity index (χ0) is 21.7. The van der Waals surface area contributed by atoms with Gasteiger partial charge in [0.25, 0.3) is 0 Å². The second-order valence-electron chi connectivity index (χ2n) is 9.12. The minimum absolute atomic E-state index is 0.0590. The van der Waals surface area contributed by atoms with Gasteiger partial charge in [0.05, 0.1) is 26.9 Å². The summed E-state index contributed by atoms with van der Waals surface area (Å²) in [6.45, 7) is 4.78. The summed E-state index contributed by atoms with van der Waals surface area (Å²) in [4.78, 5) is 14.6. The number of amides is 1. The highest BCUT2D eigenvalue weighted by molar-refractivity contribution is 5.70. The van der Waals surface area contributed by atoms with Crippen LogP contribution in [0, 0.1) is 5.41 Å². The standard InChI is InChI=1S/C26H33NO4/c1-3-25(20-30-17-22-8-5-4-6-9-22)14-7-15-26(18-25)19-27(24(28)31-26)16-21-10-12-23(29-2)13-11-21/h4-6,8-13H,3,7,14-20H2,1-2H3. The van der Waals surface area contributed by atoms with Crippen LogP contribution in [0.1, 0.15) is 50.2 Å². The van der Waals surface area contributed by atoms with Crippen molar-refractivity contribution in [1.29, 1.82) is 0 Å². The summed E-state index contributed by atoms with van der Waals surface area (Å²) in [5, 5.41) is 0. The van der Waals surface area contributed by atoms with Crippen LogP contribution in [-0.4, -0.2) is 36.9 Å². The van der Waals surface area contributed by atoms with Gasteiger partial charge in [-0.05, 0) is 60.8 Å². The molecule has 166 valence electrons. The molecule has 1 saturated carbocycles. The molecule has 2 aromatic carbocycles. The van der Waals surface area contributed by atoms with Crippen molar-refractivity contribution in [3.8, 4) is 5.75 Å². The van der Waals surface area contributed by atoms with Crippen molar-refractivity contribution in [3.63, 3.8) is 0 Å². The molecular formula is C26H33NO4. The highest BCUT2D eigenvalue weighted by atomic mass is 16.6. The molecule has 1 aliphatic heterocycles. The summed E-state index contributed by atoms with van der Waals surface area (Å²) in [6, 6.07) is 18.2. The quantitative estimate of drug-likeness (QED) is 0.557. The molecule has 4 rings (SSSR count). The predicted molar refractivity (Wildman–Crippen MR) is 120 cm³/mol. The van der Waals surface area contributed by atoms with Gasteiger partial charge in [-0.1, -0.05) is 49.4 Å². The molecule has 1 amide bonds. The summed E-state index contributed by atoms with van der Waals surface area (Å²) >= 11 is 0. The van der Waals surface area contributed by atoms with Crippen LogP contribution in [0.25, 0.3) is 0 Å². The fourth-order valence-electron chi connectivity index (χ4n) is 5.12. The molecule has 2 aliphatic rings. The van der Waals surface area contributed by atoms with Crippen molar-refractivity contribution >= 4 is 6.09 Å². The molecule has 2 unspecified atom stereocenters. The molecule has 0 aromatic heterocycles. The van der Waals surface area contributed by atoms with Gasteiger partial charge >= 0.3 is 6.09 Å². The van der Waals surface area contributed by atoms with Gasteiger partial charge in [-0.2, -0.15) is 0 Å². The number of benzene rings is 2. The van der Waals surface area contributed by atoms with Crippen molar-refractivity contribution in [2.75, 3.05) is 20.3 Å². The molecule has 0 bridgehead atoms. The molecule has 2 fully saturated rings. The van der Waals surface area contributed by atoms with Crippen LogP contribution in [0.4, 0.5) is 4.79 Å². The third-order valence-electron chi connectivity index (χ3n) is 6.88. The minimum Gasteiger partial charge on any atom is -0.497 e. The van der Waals surface area contributed by atoms with Gasteiger partial charge in [0, 0.05) is 6.54 Å². The van der Waals surface area contributed by atoms with E-state index in [0.29, 0.717) is 26.3 Å². The van der Waals surface area contributed by atoms with Crippen molar-refractivity contribution in [1.82, 2.24) is 4.90 Å². The van der Waals surface area contributed by atoms with E-state index < -0.39 is 5.60 Å². The third-order valence-corrected chi connectivity index (χ3v) is 6.88. The number of ether oxygens (including phenoxy) is 3. The Morgan fingerprint density at radius 3 is 2.52 bits per heavy atom. The zero-order valence-electron chi connectivity index (χ0n) is 18.6. The van der Waals surface area contributed by atoms with E-state index >= 15 is 0 Å². The predicted octanol–water partition coefficient (Wildman–Crippen LogP) is 5.57. The molecular weight excluding hydrogens is 390 g/mol. The van der Waals surface area contributed by atoms with E-state index in [1.165, 1.54) is 5.56 Å². The van der Waals surface area contributed by atoms with Gasteiger partial charge in [-0.25, -0.2) is 4.79 Å². The van der Waals surface area contributed by atoms with E-state index in [9.17, 15) is 4.79 Å². The largest absolute Gasteiger partial charge is 0.497 e. The lowest BCUT2D eigenvalue weighted by Crippen LogP contribution is -2.46. The van der Waals surface area contributed by atoms with Gasteiger partial charge in [0.1, 0.15) is 11.4 Å². The highest BCUT2D eigenvalue weighted by Crippen LogP contribution is 2.48. The van der Waals surface area contributed by atoms with E-state index in [1.54, 1.807) is 7.11 Å². The van der Waals surface area contributed by atoms with Gasteiger partial charge in [0.15, 0.2) is 0 Å². The van der Waals surface area contributed by atoms with Crippen molar-refractivity contribution in [3.05, 3.63) is 65.7 Å². The molecule has 0 N–H and O–H groups in total. The molecule has 1 spiro atoms. The zero-order valence-corrected chi connectivity index (χ0v) is 18.6. The Balaban J connectivity index is 1.39. The van der Waals surface area contributed by atoms with Crippen LogP contribution in [-0.2, 0) is 22.6 Å². The molecule has 1 aliphatic carbocycles. The van der Waals surface area contributed by atoms with Crippen molar-refractivity contribution in [2.24, 2.45) is 5.41 Å². The minimum atomic E-state index is -0.395. The molecule has 5 heteroatoms. The van der Waals surface area contributed by atoms with E-state index in [2.05, 4.69) is 19.1 Å². The Hall–Kier alpha value is -2.53. The Kier molecular flexibility index (Phi) is 6.51. The number of nitrogens with zero attached hydrogens (tertiary/aromatic N) is 1. The summed E-state index contributed by atoms with van der Waals surface area (Å²) < 4.78 is 17.4. The Morgan fingerprint density at radius 2 is 1.81 bits per heavy atom. The molecule has 1 heterocycles. The van der Waals surface area contributed by atoms with Gasteiger partial charge in [-0.3, -0.25) is 4.90 Å². The second kappa shape index (κ2) is 9.31. The first-order chi connectivity index (χ1) is 15.1. The van der Waals surface area contributed by atoms with E-state index in [-0.39, 0.29) is 11.5 Å². The first-order valence-corrected chi connectivity index (χ1v) is 11.3. The molecule has 2 aromatic rings. The topological polar surface area (TPSA) is 48.0 Å². The molecule has 5 nitrogen and oxygen atoms in total. The molecule has 0 radical (unpaired) electrons. The number of hydrogen-bond acceptors (Lipinski definition) is 4. The fraction of sp³-hybridized carbons (Fsp3) is 0.500. The van der Waals surface area contributed by atoms with Gasteiger partial charge < -0.3 is 14.2 Å². The second-order valence-corrected chi connectivity index (χ2v) is 9.12. The van der Waals surface area contributed by atoms with E-state index in [4.69, 9.17) is 14.2 Å². The third kappa shape index (κ3) is 5.04. The van der Waals surface area contributed by atoms with E-state index in [1.807, 2.05) is 47.4 Å². The Bertz CT molecular complexity index is 869. The highest BCUT2D eigenvalue weighted by Gasteiger charge is 2.52. The number of methoxy groups -OCH3 is 1. The van der Waals surface area contributed by atoms with Crippen LogP contribution >= 0.6 is 0 Å². The number of hydrogen-bond donors (Lipinski definition) is 0. The monoisotopic (exact) mass is 423 g/mol. The lowest BCUT2D eigenvalue weighted by Gasteiger charge is -2.44. The first-order valence-electron chi connectivity index (χ1n) is 11.3. The van der Waals surface area contributed by atoms with Crippen LogP contribution in [0.5, 0.6) is 5.75 Å². The number of carbonyl (C=O) groups excluding carboxylic acids is 1.